The third kappa shape index (κ3) is 1.77. The van der Waals surface area contributed by atoms with Crippen molar-refractivity contribution in [2.45, 2.75) is 58.7 Å². The number of nitrogens with one attached hydrogen (secondary N) is 1. The van der Waals surface area contributed by atoms with E-state index in [2.05, 4.69) is 57.0 Å². The van der Waals surface area contributed by atoms with Crippen molar-refractivity contribution in [2.75, 3.05) is 0 Å². The minimum absolute atomic E-state index is 0.124. The van der Waals surface area contributed by atoms with E-state index in [4.69, 9.17) is 0 Å². The summed E-state index contributed by atoms with van der Waals surface area (Å²) in [7, 11) is -1.44. The Morgan fingerprint density at radius 3 is 1.62 bits per heavy atom. The van der Waals surface area contributed by atoms with Gasteiger partial charge in [0.25, 0.3) is 0 Å². The van der Waals surface area contributed by atoms with E-state index in [1.165, 1.54) is 0 Å². The molecule has 0 radical (unpaired) electrons. The second-order valence-corrected chi connectivity index (χ2v) is 13.4. The lowest BCUT2D eigenvalue weighted by Crippen LogP contribution is -2.84. The summed E-state index contributed by atoms with van der Waals surface area (Å²) in [4.78, 5) is 0. The minimum Gasteiger partial charge on any atom is -0.340 e. The molecule has 0 amide bonds. The van der Waals surface area contributed by atoms with Crippen LogP contribution < -0.4 is 4.65 Å². The highest BCUT2D eigenvalue weighted by atomic mass is 28.4. The largest absolute Gasteiger partial charge is 0.340 e. The molecular formula is C9H24N2Si2. The summed E-state index contributed by atoms with van der Waals surface area (Å²) in [6.45, 7) is 16.6. The fraction of sp³-hybridized carbons (Fsp3) is 1.00. The Morgan fingerprint density at radius 2 is 1.54 bits per heavy atom. The van der Waals surface area contributed by atoms with Crippen LogP contribution in [0.2, 0.25) is 11.6 Å². The average Bonchev–Trinajstić information content (AvgIpc) is 1.76. The lowest BCUT2D eigenvalue weighted by atomic mass is 10.1. The van der Waals surface area contributed by atoms with Crippen LogP contribution in [0.4, 0.5) is 0 Å². The van der Waals surface area contributed by atoms with Gasteiger partial charge in [0.2, 0.25) is 0 Å². The maximum Gasteiger partial charge on any atom is 0.194 e. The van der Waals surface area contributed by atoms with Gasteiger partial charge in [-0.3, -0.25) is 0 Å². The van der Waals surface area contributed by atoms with Crippen LogP contribution in [-0.4, -0.2) is 28.0 Å². The van der Waals surface area contributed by atoms with Gasteiger partial charge in [0, 0.05) is 5.54 Å². The van der Waals surface area contributed by atoms with Gasteiger partial charge >= 0.3 is 0 Å². The predicted molar refractivity (Wildman–Crippen MR) is 64.6 cm³/mol. The molecular weight excluding hydrogens is 192 g/mol. The molecule has 0 saturated carbocycles. The molecule has 0 aliphatic carbocycles. The zero-order valence-corrected chi connectivity index (χ0v) is 12.6. The molecule has 1 unspecified atom stereocenters. The Labute approximate surface area is 86.2 Å². The van der Waals surface area contributed by atoms with E-state index >= 15 is 0 Å². The Hall–Kier alpha value is 0.354. The molecule has 1 aliphatic rings. The fourth-order valence-corrected chi connectivity index (χ4v) is 11.3. The number of hydrogen-bond donors (Lipinski definition) is 1. The predicted octanol–water partition coefficient (Wildman–Crippen LogP) is 1.56. The van der Waals surface area contributed by atoms with Gasteiger partial charge in [-0.2, -0.15) is 0 Å². The SMILES string of the molecule is CC(C)(C)N1[SiH2]N[Si]1(C)C(C)(C)C. The first-order chi connectivity index (χ1) is 5.59. The lowest BCUT2D eigenvalue weighted by molar-refractivity contribution is 0.318. The molecule has 78 valence electrons. The summed E-state index contributed by atoms with van der Waals surface area (Å²) in [6, 6.07) is 0. The van der Waals surface area contributed by atoms with Gasteiger partial charge in [-0.25, -0.2) is 0 Å². The normalized spacial score (nSPS) is 33.5. The number of nitrogens with zero attached hydrogens (tertiary/aromatic N) is 1. The molecule has 0 spiro atoms. The topological polar surface area (TPSA) is 15.3 Å². The van der Waals surface area contributed by atoms with Crippen molar-refractivity contribution in [3.63, 3.8) is 0 Å². The summed E-state index contributed by atoms with van der Waals surface area (Å²) in [5.74, 6) is 0. The van der Waals surface area contributed by atoms with Crippen LogP contribution in [-0.2, 0) is 0 Å². The van der Waals surface area contributed by atoms with E-state index in [9.17, 15) is 0 Å². The second kappa shape index (κ2) is 2.92. The van der Waals surface area contributed by atoms with Crippen molar-refractivity contribution in [1.82, 2.24) is 8.88 Å². The van der Waals surface area contributed by atoms with Gasteiger partial charge in [-0.1, -0.05) is 20.8 Å². The number of rotatable bonds is 0. The van der Waals surface area contributed by atoms with Crippen molar-refractivity contribution in [2.24, 2.45) is 0 Å². The van der Waals surface area contributed by atoms with Crippen molar-refractivity contribution >= 4 is 18.2 Å². The van der Waals surface area contributed by atoms with Gasteiger partial charge < -0.3 is 8.88 Å². The van der Waals surface area contributed by atoms with Crippen molar-refractivity contribution in [3.05, 3.63) is 0 Å². The molecule has 4 heteroatoms. The molecule has 1 aliphatic heterocycles. The maximum absolute atomic E-state index is 3.82. The molecule has 13 heavy (non-hydrogen) atoms. The summed E-state index contributed by atoms with van der Waals surface area (Å²) >= 11 is 0. The first-order valence-corrected chi connectivity index (χ1v) is 8.90. The van der Waals surface area contributed by atoms with Gasteiger partial charge in [0.15, 0.2) is 18.2 Å². The van der Waals surface area contributed by atoms with Gasteiger partial charge in [0.05, 0.1) is 0 Å². The molecule has 1 saturated heterocycles. The highest BCUT2D eigenvalue weighted by molar-refractivity contribution is 6.93. The van der Waals surface area contributed by atoms with Crippen LogP contribution in [0.5, 0.6) is 0 Å². The number of hydrogen-bond acceptors (Lipinski definition) is 2. The molecule has 1 rings (SSSR count). The van der Waals surface area contributed by atoms with E-state index in [1.807, 2.05) is 0 Å². The summed E-state index contributed by atoms with van der Waals surface area (Å²) in [5.41, 5.74) is 0.381. The zero-order valence-electron chi connectivity index (χ0n) is 10.2. The quantitative estimate of drug-likeness (QED) is 0.618. The molecule has 1 N–H and O–H groups in total. The lowest BCUT2D eigenvalue weighted by Gasteiger charge is -2.62. The highest BCUT2D eigenvalue weighted by Crippen LogP contribution is 2.42. The van der Waals surface area contributed by atoms with E-state index in [0.717, 1.165) is 0 Å². The molecule has 0 aromatic rings. The summed E-state index contributed by atoms with van der Waals surface area (Å²) in [5, 5.41) is 0.450. The minimum atomic E-state index is -1.32. The Kier molecular flexibility index (Phi) is 2.57. The van der Waals surface area contributed by atoms with Crippen molar-refractivity contribution in [1.29, 1.82) is 0 Å². The van der Waals surface area contributed by atoms with Crippen LogP contribution in [0, 0.1) is 0 Å². The van der Waals surface area contributed by atoms with Gasteiger partial charge in [-0.05, 0) is 32.4 Å². The molecule has 0 bridgehead atoms. The van der Waals surface area contributed by atoms with Gasteiger partial charge in [-0.15, -0.1) is 0 Å². The molecule has 0 aromatic carbocycles. The first kappa shape index (κ1) is 11.4. The molecule has 1 atom stereocenters. The Balaban J connectivity index is 2.84. The van der Waals surface area contributed by atoms with Gasteiger partial charge in [0.1, 0.15) is 0 Å². The van der Waals surface area contributed by atoms with Crippen molar-refractivity contribution in [3.8, 4) is 0 Å². The molecule has 0 aromatic heterocycles. The van der Waals surface area contributed by atoms with E-state index in [0.29, 0.717) is 10.6 Å². The zero-order chi connectivity index (χ0) is 10.5. The fourth-order valence-electron chi connectivity index (χ4n) is 1.97. The first-order valence-electron chi connectivity index (χ1n) is 5.12. The summed E-state index contributed by atoms with van der Waals surface area (Å²) in [6.07, 6.45) is 0. The van der Waals surface area contributed by atoms with E-state index in [1.54, 1.807) is 0 Å². The smallest absolute Gasteiger partial charge is 0.194 e. The van der Waals surface area contributed by atoms with E-state index in [-0.39, 0.29) is 9.84 Å². The monoisotopic (exact) mass is 216 g/mol. The standard InChI is InChI=1S/C9H24N2Si2/c1-8(2,3)11-12-10-13(11,7)9(4,5)6/h10H,12H2,1-7H3. The highest BCUT2D eigenvalue weighted by Gasteiger charge is 2.54. The van der Waals surface area contributed by atoms with Crippen molar-refractivity contribution < 1.29 is 0 Å². The molecule has 1 fully saturated rings. The molecule has 2 nitrogen and oxygen atoms in total. The Morgan fingerprint density at radius 1 is 1.08 bits per heavy atom. The summed E-state index contributed by atoms with van der Waals surface area (Å²) < 4.78 is 6.63. The van der Waals surface area contributed by atoms with Crippen LogP contribution in [0.3, 0.4) is 0 Å². The van der Waals surface area contributed by atoms with Crippen LogP contribution in [0.1, 0.15) is 41.5 Å². The van der Waals surface area contributed by atoms with E-state index < -0.39 is 8.40 Å². The van der Waals surface area contributed by atoms with Crippen LogP contribution in [0.25, 0.3) is 0 Å². The third-order valence-corrected chi connectivity index (χ3v) is 15.1. The maximum atomic E-state index is 3.82. The van der Waals surface area contributed by atoms with Crippen LogP contribution >= 0.6 is 0 Å². The molecule has 1 heterocycles. The van der Waals surface area contributed by atoms with Crippen LogP contribution in [0.15, 0.2) is 0 Å². The average molecular weight is 216 g/mol. The Bertz CT molecular complexity index is 205. The second-order valence-electron chi connectivity index (χ2n) is 6.26. The third-order valence-electron chi connectivity index (χ3n) is 3.39.